The summed E-state index contributed by atoms with van der Waals surface area (Å²) in [5, 5.41) is 3.00. The van der Waals surface area contributed by atoms with E-state index in [0.29, 0.717) is 12.5 Å². The molecule has 7 heteroatoms. The normalized spacial score (nSPS) is 17.1. The van der Waals surface area contributed by atoms with Crippen molar-refractivity contribution < 1.29 is 13.2 Å². The monoisotopic (exact) mass is 376 g/mol. The Bertz CT molecular complexity index is 572. The SMILES string of the molecule is CNC(C)CNS(=O)(=O)c1ccc(OCC2CCCCC2)cc1.Cl. The quantitative estimate of drug-likeness (QED) is 0.732. The van der Waals surface area contributed by atoms with Gasteiger partial charge in [0, 0.05) is 12.6 Å². The second kappa shape index (κ2) is 10.2. The van der Waals surface area contributed by atoms with Crippen LogP contribution >= 0.6 is 12.4 Å². The van der Waals surface area contributed by atoms with Gasteiger partial charge in [-0.2, -0.15) is 0 Å². The molecule has 1 aromatic rings. The van der Waals surface area contributed by atoms with Crippen molar-refractivity contribution in [2.75, 3.05) is 20.2 Å². The Kier molecular flexibility index (Phi) is 9.05. The predicted octanol–water partition coefficient (Wildman–Crippen LogP) is 2.95. The van der Waals surface area contributed by atoms with Gasteiger partial charge in [-0.15, -0.1) is 12.4 Å². The van der Waals surface area contributed by atoms with Crippen molar-refractivity contribution in [2.45, 2.75) is 50.0 Å². The standard InChI is InChI=1S/C17H28N2O3S.ClH/c1-14(18-2)12-19-23(20,21)17-10-8-16(9-11-17)22-13-15-6-4-3-5-7-15;/h8-11,14-15,18-19H,3-7,12-13H2,1-2H3;1H. The first kappa shape index (κ1) is 21.2. The molecule has 2 N–H and O–H groups in total. The van der Waals surface area contributed by atoms with Crippen LogP contribution in [0.15, 0.2) is 29.2 Å². The highest BCUT2D eigenvalue weighted by Crippen LogP contribution is 2.25. The molecule has 1 aliphatic carbocycles. The zero-order valence-corrected chi connectivity index (χ0v) is 16.1. The molecule has 5 nitrogen and oxygen atoms in total. The molecule has 0 spiro atoms. The van der Waals surface area contributed by atoms with E-state index >= 15 is 0 Å². The van der Waals surface area contributed by atoms with Crippen LogP contribution in [0.25, 0.3) is 0 Å². The number of hydrogen-bond acceptors (Lipinski definition) is 4. The molecule has 1 fully saturated rings. The third-order valence-electron chi connectivity index (χ3n) is 4.42. The predicted molar refractivity (Wildman–Crippen MR) is 99.5 cm³/mol. The van der Waals surface area contributed by atoms with Crippen molar-refractivity contribution >= 4 is 22.4 Å². The van der Waals surface area contributed by atoms with Gasteiger partial charge in [-0.3, -0.25) is 0 Å². The summed E-state index contributed by atoms with van der Waals surface area (Å²) in [6, 6.07) is 6.76. The summed E-state index contributed by atoms with van der Waals surface area (Å²) >= 11 is 0. The molecular formula is C17H29ClN2O3S. The highest BCUT2D eigenvalue weighted by Gasteiger charge is 2.16. The first-order chi connectivity index (χ1) is 11.0. The second-order valence-corrected chi connectivity index (χ2v) is 8.10. The first-order valence-electron chi connectivity index (χ1n) is 8.41. The van der Waals surface area contributed by atoms with E-state index in [1.54, 1.807) is 31.3 Å². The molecule has 1 aromatic carbocycles. The molecule has 0 heterocycles. The van der Waals surface area contributed by atoms with Crippen LogP contribution in [0.4, 0.5) is 0 Å². The summed E-state index contributed by atoms with van der Waals surface area (Å²) in [5.41, 5.74) is 0. The van der Waals surface area contributed by atoms with Crippen LogP contribution in [0, 0.1) is 5.92 Å². The van der Waals surface area contributed by atoms with E-state index < -0.39 is 10.0 Å². The topological polar surface area (TPSA) is 67.4 Å². The number of sulfonamides is 1. The maximum Gasteiger partial charge on any atom is 0.240 e. The van der Waals surface area contributed by atoms with Gasteiger partial charge in [0.05, 0.1) is 11.5 Å². The van der Waals surface area contributed by atoms with Gasteiger partial charge in [-0.05, 0) is 57.0 Å². The third kappa shape index (κ3) is 6.59. The fourth-order valence-electron chi connectivity index (χ4n) is 2.70. The van der Waals surface area contributed by atoms with Crippen molar-refractivity contribution in [3.05, 3.63) is 24.3 Å². The highest BCUT2D eigenvalue weighted by atomic mass is 35.5. The lowest BCUT2D eigenvalue weighted by molar-refractivity contribution is 0.209. The highest BCUT2D eigenvalue weighted by molar-refractivity contribution is 7.89. The van der Waals surface area contributed by atoms with Crippen molar-refractivity contribution in [1.82, 2.24) is 10.0 Å². The minimum absolute atomic E-state index is 0. The van der Waals surface area contributed by atoms with Gasteiger partial charge < -0.3 is 10.1 Å². The van der Waals surface area contributed by atoms with Crippen LogP contribution in [0.3, 0.4) is 0 Å². The molecule has 24 heavy (non-hydrogen) atoms. The maximum absolute atomic E-state index is 12.2. The Hall–Kier alpha value is -0.820. The summed E-state index contributed by atoms with van der Waals surface area (Å²) in [4.78, 5) is 0.269. The molecule has 1 saturated carbocycles. The molecule has 2 rings (SSSR count). The zero-order chi connectivity index (χ0) is 16.7. The van der Waals surface area contributed by atoms with Crippen LogP contribution in [-0.2, 0) is 10.0 Å². The molecule has 1 unspecified atom stereocenters. The second-order valence-electron chi connectivity index (χ2n) is 6.33. The average molecular weight is 377 g/mol. The molecule has 1 aliphatic rings. The lowest BCUT2D eigenvalue weighted by atomic mass is 9.90. The zero-order valence-electron chi connectivity index (χ0n) is 14.5. The Morgan fingerprint density at radius 2 is 1.79 bits per heavy atom. The average Bonchev–Trinajstić information content (AvgIpc) is 2.59. The Labute approximate surface area is 152 Å². The lowest BCUT2D eigenvalue weighted by Crippen LogP contribution is -2.37. The fraction of sp³-hybridized carbons (Fsp3) is 0.647. The van der Waals surface area contributed by atoms with Gasteiger partial charge in [-0.25, -0.2) is 13.1 Å². The van der Waals surface area contributed by atoms with Crippen molar-refractivity contribution in [2.24, 2.45) is 5.92 Å². The molecular weight excluding hydrogens is 348 g/mol. The fourth-order valence-corrected chi connectivity index (χ4v) is 3.83. The van der Waals surface area contributed by atoms with Crippen LogP contribution in [0.5, 0.6) is 5.75 Å². The molecule has 0 aromatic heterocycles. The molecule has 0 aliphatic heterocycles. The molecule has 0 bridgehead atoms. The van der Waals surface area contributed by atoms with Crippen molar-refractivity contribution in [3.8, 4) is 5.75 Å². The summed E-state index contributed by atoms with van der Waals surface area (Å²) in [5.74, 6) is 1.37. The molecule has 1 atom stereocenters. The minimum Gasteiger partial charge on any atom is -0.493 e. The number of hydrogen-bond donors (Lipinski definition) is 2. The van der Waals surface area contributed by atoms with Gasteiger partial charge in [0.15, 0.2) is 0 Å². The van der Waals surface area contributed by atoms with Crippen LogP contribution < -0.4 is 14.8 Å². The summed E-state index contributed by atoms with van der Waals surface area (Å²) < 4.78 is 32.8. The molecule has 138 valence electrons. The summed E-state index contributed by atoms with van der Waals surface area (Å²) in [6.45, 7) is 3.01. The van der Waals surface area contributed by atoms with E-state index in [-0.39, 0.29) is 23.3 Å². The number of benzene rings is 1. The number of halogens is 1. The minimum atomic E-state index is -3.46. The van der Waals surface area contributed by atoms with Gasteiger partial charge >= 0.3 is 0 Å². The molecule has 0 saturated heterocycles. The van der Waals surface area contributed by atoms with Gasteiger partial charge in [0.2, 0.25) is 10.0 Å². The van der Waals surface area contributed by atoms with E-state index in [1.807, 2.05) is 6.92 Å². The van der Waals surface area contributed by atoms with Gasteiger partial charge in [0.25, 0.3) is 0 Å². The number of rotatable bonds is 8. The van der Waals surface area contributed by atoms with E-state index in [0.717, 1.165) is 12.4 Å². The summed E-state index contributed by atoms with van der Waals surface area (Å²) in [7, 11) is -1.66. The van der Waals surface area contributed by atoms with Crippen molar-refractivity contribution in [1.29, 1.82) is 0 Å². The number of likely N-dealkylation sites (N-methyl/N-ethyl adjacent to an activating group) is 1. The van der Waals surface area contributed by atoms with E-state index in [1.165, 1.54) is 32.1 Å². The largest absolute Gasteiger partial charge is 0.493 e. The molecule has 0 radical (unpaired) electrons. The maximum atomic E-state index is 12.2. The van der Waals surface area contributed by atoms with Gasteiger partial charge in [-0.1, -0.05) is 19.3 Å². The summed E-state index contributed by atoms with van der Waals surface area (Å²) in [6.07, 6.45) is 6.39. The first-order valence-corrected chi connectivity index (χ1v) is 9.89. The van der Waals surface area contributed by atoms with Gasteiger partial charge in [0.1, 0.15) is 5.75 Å². The molecule has 0 amide bonds. The van der Waals surface area contributed by atoms with E-state index in [9.17, 15) is 8.42 Å². The van der Waals surface area contributed by atoms with Crippen LogP contribution in [0.2, 0.25) is 0 Å². The van der Waals surface area contributed by atoms with E-state index in [4.69, 9.17) is 4.74 Å². The third-order valence-corrected chi connectivity index (χ3v) is 5.86. The Morgan fingerprint density at radius 1 is 1.17 bits per heavy atom. The lowest BCUT2D eigenvalue weighted by Gasteiger charge is -2.21. The number of nitrogens with one attached hydrogen (secondary N) is 2. The van der Waals surface area contributed by atoms with E-state index in [2.05, 4.69) is 10.0 Å². The van der Waals surface area contributed by atoms with Crippen molar-refractivity contribution in [3.63, 3.8) is 0 Å². The Balaban J connectivity index is 0.00000288. The number of ether oxygens (including phenoxy) is 1. The van der Waals surface area contributed by atoms with Crippen LogP contribution in [-0.4, -0.2) is 34.7 Å². The smallest absolute Gasteiger partial charge is 0.240 e. The Morgan fingerprint density at radius 3 is 2.38 bits per heavy atom. The van der Waals surface area contributed by atoms with Crippen LogP contribution in [0.1, 0.15) is 39.0 Å².